The molecule has 1 heterocycles. The summed E-state index contributed by atoms with van der Waals surface area (Å²) < 4.78 is 38.9. The first-order chi connectivity index (χ1) is 5.90. The van der Waals surface area contributed by atoms with E-state index in [1.807, 2.05) is 0 Å². The van der Waals surface area contributed by atoms with Gasteiger partial charge >= 0.3 is 6.36 Å². The van der Waals surface area contributed by atoms with Gasteiger partial charge in [-0.3, -0.25) is 4.98 Å². The second-order valence-electron chi connectivity index (χ2n) is 2.09. The van der Waals surface area contributed by atoms with Crippen molar-refractivity contribution in [3.63, 3.8) is 0 Å². The van der Waals surface area contributed by atoms with Crippen LogP contribution >= 0.6 is 15.9 Å². The Balaban J connectivity index is 2.96. The Hall–Kier alpha value is -0.980. The van der Waals surface area contributed by atoms with E-state index in [4.69, 9.17) is 5.73 Å². The smallest absolute Gasteiger partial charge is 0.403 e. The number of anilines is 1. The van der Waals surface area contributed by atoms with Crippen LogP contribution in [-0.4, -0.2) is 11.3 Å². The summed E-state index contributed by atoms with van der Waals surface area (Å²) in [5, 5.41) is 0. The summed E-state index contributed by atoms with van der Waals surface area (Å²) in [5.41, 5.74) is 5.37. The van der Waals surface area contributed by atoms with Gasteiger partial charge in [0, 0.05) is 0 Å². The maximum absolute atomic E-state index is 11.7. The number of ether oxygens (including phenoxy) is 1. The van der Waals surface area contributed by atoms with Gasteiger partial charge in [0.15, 0.2) is 5.75 Å². The van der Waals surface area contributed by atoms with Gasteiger partial charge in [-0.05, 0) is 15.9 Å². The van der Waals surface area contributed by atoms with Crippen molar-refractivity contribution in [1.29, 1.82) is 0 Å². The minimum absolute atomic E-state index is 0.0415. The van der Waals surface area contributed by atoms with Crippen LogP contribution in [0.5, 0.6) is 5.75 Å². The van der Waals surface area contributed by atoms with E-state index in [1.165, 1.54) is 6.20 Å². The quantitative estimate of drug-likeness (QED) is 0.839. The van der Waals surface area contributed by atoms with E-state index in [-0.39, 0.29) is 10.2 Å². The molecule has 1 rings (SSSR count). The first-order valence-electron chi connectivity index (χ1n) is 3.05. The first kappa shape index (κ1) is 10.1. The third-order valence-corrected chi connectivity index (χ3v) is 1.95. The minimum Gasteiger partial charge on any atom is -0.403 e. The van der Waals surface area contributed by atoms with Crippen LogP contribution < -0.4 is 10.5 Å². The number of nitrogens with two attached hydrogens (primary N) is 1. The number of hydrogen-bond donors (Lipinski definition) is 1. The molecule has 72 valence electrons. The van der Waals surface area contributed by atoms with Crippen molar-refractivity contribution < 1.29 is 17.9 Å². The Morgan fingerprint density at radius 1 is 1.38 bits per heavy atom. The standard InChI is InChI=1S/C6H4BrF3N2O/c7-5-3(11)1-12-2-4(5)13-6(8,9)10/h1-2H,11H2. The summed E-state index contributed by atoms with van der Waals surface area (Å²) in [6.07, 6.45) is -2.60. The van der Waals surface area contributed by atoms with Gasteiger partial charge in [0.25, 0.3) is 0 Å². The van der Waals surface area contributed by atoms with E-state index in [9.17, 15) is 13.2 Å². The van der Waals surface area contributed by atoms with E-state index < -0.39 is 12.1 Å². The molecule has 0 unspecified atom stereocenters. The van der Waals surface area contributed by atoms with Crippen LogP contribution in [0.3, 0.4) is 0 Å². The number of nitrogens with zero attached hydrogens (tertiary/aromatic N) is 1. The van der Waals surface area contributed by atoms with Crippen molar-refractivity contribution in [2.45, 2.75) is 6.36 Å². The lowest BCUT2D eigenvalue weighted by molar-refractivity contribution is -0.275. The second-order valence-corrected chi connectivity index (χ2v) is 2.88. The van der Waals surface area contributed by atoms with Crippen molar-refractivity contribution in [3.8, 4) is 5.75 Å². The maximum atomic E-state index is 11.7. The van der Waals surface area contributed by atoms with Crippen molar-refractivity contribution in [2.75, 3.05) is 5.73 Å². The van der Waals surface area contributed by atoms with E-state index >= 15 is 0 Å². The van der Waals surface area contributed by atoms with Crippen LogP contribution in [0.4, 0.5) is 18.9 Å². The highest BCUT2D eigenvalue weighted by atomic mass is 79.9. The maximum Gasteiger partial charge on any atom is 0.573 e. The molecule has 0 spiro atoms. The summed E-state index contributed by atoms with van der Waals surface area (Å²) >= 11 is 2.84. The lowest BCUT2D eigenvalue weighted by Crippen LogP contribution is -2.17. The van der Waals surface area contributed by atoms with Crippen molar-refractivity contribution in [2.24, 2.45) is 0 Å². The van der Waals surface area contributed by atoms with Gasteiger partial charge in [0.05, 0.1) is 22.6 Å². The molecule has 1 aromatic rings. The largest absolute Gasteiger partial charge is 0.573 e. The SMILES string of the molecule is Nc1cncc(OC(F)(F)F)c1Br. The summed E-state index contributed by atoms with van der Waals surface area (Å²) in [6.45, 7) is 0. The predicted molar refractivity (Wildman–Crippen MR) is 43.0 cm³/mol. The van der Waals surface area contributed by atoms with Gasteiger partial charge < -0.3 is 10.5 Å². The Kier molecular flexibility index (Phi) is 2.65. The first-order valence-corrected chi connectivity index (χ1v) is 3.84. The number of aromatic nitrogens is 1. The third kappa shape index (κ3) is 2.76. The van der Waals surface area contributed by atoms with E-state index in [1.54, 1.807) is 0 Å². The number of pyridine rings is 1. The predicted octanol–water partition coefficient (Wildman–Crippen LogP) is 2.32. The third-order valence-electron chi connectivity index (χ3n) is 1.10. The number of nitrogen functional groups attached to an aromatic ring is 1. The van der Waals surface area contributed by atoms with Crippen LogP contribution in [0.1, 0.15) is 0 Å². The number of halogens is 4. The number of rotatable bonds is 1. The van der Waals surface area contributed by atoms with Crippen LogP contribution in [0.15, 0.2) is 16.9 Å². The van der Waals surface area contributed by atoms with Crippen LogP contribution in [-0.2, 0) is 0 Å². The number of alkyl halides is 3. The summed E-state index contributed by atoms with van der Waals surface area (Å²) in [5.74, 6) is -0.451. The second kappa shape index (κ2) is 3.41. The Labute approximate surface area is 79.8 Å². The average Bonchev–Trinajstić information content (AvgIpc) is 1.96. The lowest BCUT2D eigenvalue weighted by Gasteiger charge is -2.10. The highest BCUT2D eigenvalue weighted by Gasteiger charge is 2.32. The van der Waals surface area contributed by atoms with Gasteiger partial charge in [-0.25, -0.2) is 0 Å². The molecule has 0 bridgehead atoms. The molecule has 1 aromatic heterocycles. The van der Waals surface area contributed by atoms with Gasteiger partial charge in [-0.15, -0.1) is 13.2 Å². The zero-order valence-corrected chi connectivity index (χ0v) is 7.69. The Morgan fingerprint density at radius 2 is 2.00 bits per heavy atom. The Bertz CT molecular complexity index is 315. The highest BCUT2D eigenvalue weighted by Crippen LogP contribution is 2.32. The molecule has 0 atom stereocenters. The molecule has 0 aliphatic rings. The molecule has 13 heavy (non-hydrogen) atoms. The van der Waals surface area contributed by atoms with Crippen molar-refractivity contribution >= 4 is 21.6 Å². The van der Waals surface area contributed by atoms with Gasteiger partial charge in [0.2, 0.25) is 0 Å². The van der Waals surface area contributed by atoms with Gasteiger partial charge in [-0.1, -0.05) is 0 Å². The summed E-state index contributed by atoms with van der Waals surface area (Å²) in [6, 6.07) is 0. The molecule has 0 aliphatic heterocycles. The fourth-order valence-corrected chi connectivity index (χ4v) is 0.922. The minimum atomic E-state index is -4.74. The molecule has 0 radical (unpaired) electrons. The van der Waals surface area contributed by atoms with Crippen molar-refractivity contribution in [1.82, 2.24) is 4.98 Å². The van der Waals surface area contributed by atoms with Crippen LogP contribution in [0, 0.1) is 0 Å². The molecule has 0 aromatic carbocycles. The molecule has 2 N–H and O–H groups in total. The van der Waals surface area contributed by atoms with E-state index in [0.717, 1.165) is 6.20 Å². The fourth-order valence-electron chi connectivity index (χ4n) is 0.637. The normalized spacial score (nSPS) is 11.4. The van der Waals surface area contributed by atoms with Gasteiger partial charge in [-0.2, -0.15) is 0 Å². The van der Waals surface area contributed by atoms with Crippen LogP contribution in [0.25, 0.3) is 0 Å². The molecule has 0 amide bonds. The van der Waals surface area contributed by atoms with Crippen LogP contribution in [0.2, 0.25) is 0 Å². The summed E-state index contributed by atoms with van der Waals surface area (Å²) in [7, 11) is 0. The topological polar surface area (TPSA) is 48.1 Å². The number of hydrogen-bond acceptors (Lipinski definition) is 3. The Morgan fingerprint density at radius 3 is 2.54 bits per heavy atom. The summed E-state index contributed by atoms with van der Waals surface area (Å²) in [4.78, 5) is 3.45. The van der Waals surface area contributed by atoms with E-state index in [2.05, 4.69) is 25.7 Å². The molecule has 3 nitrogen and oxygen atoms in total. The molecular formula is C6H4BrF3N2O. The molecular weight excluding hydrogens is 253 g/mol. The zero-order chi connectivity index (χ0) is 10.1. The molecule has 0 saturated carbocycles. The highest BCUT2D eigenvalue weighted by molar-refractivity contribution is 9.10. The zero-order valence-electron chi connectivity index (χ0n) is 6.10. The molecule has 7 heteroatoms. The average molecular weight is 257 g/mol. The van der Waals surface area contributed by atoms with Gasteiger partial charge in [0.1, 0.15) is 0 Å². The molecule has 0 aliphatic carbocycles. The monoisotopic (exact) mass is 256 g/mol. The van der Waals surface area contributed by atoms with E-state index in [0.29, 0.717) is 0 Å². The fraction of sp³-hybridized carbons (Fsp3) is 0.167. The molecule has 0 fully saturated rings. The van der Waals surface area contributed by atoms with Crippen molar-refractivity contribution in [3.05, 3.63) is 16.9 Å². The lowest BCUT2D eigenvalue weighted by atomic mass is 10.4. The molecule has 0 saturated heterocycles.